The molecule has 19 heavy (non-hydrogen) atoms. The van der Waals surface area contributed by atoms with Crippen LogP contribution in [0.3, 0.4) is 0 Å². The molecule has 4 nitrogen and oxygen atoms in total. The van der Waals surface area contributed by atoms with E-state index in [0.717, 1.165) is 11.2 Å². The molecule has 0 bridgehead atoms. The van der Waals surface area contributed by atoms with Crippen molar-refractivity contribution in [2.75, 3.05) is 32.1 Å². The van der Waals surface area contributed by atoms with Crippen LogP contribution in [0.15, 0.2) is 18.2 Å². The number of para-hydroxylation sites is 1. The van der Waals surface area contributed by atoms with E-state index in [1.165, 1.54) is 24.3 Å². The summed E-state index contributed by atoms with van der Waals surface area (Å²) < 4.78 is 14.4. The molecule has 1 amide bonds. The van der Waals surface area contributed by atoms with Gasteiger partial charge in [-0.05, 0) is 26.2 Å². The Morgan fingerprint density at radius 1 is 1.37 bits per heavy atom. The quantitative estimate of drug-likeness (QED) is 0.863. The minimum Gasteiger partial charge on any atom is -0.308 e. The number of hydrogen-bond acceptors (Lipinski definition) is 4. The first-order valence-electron chi connectivity index (χ1n) is 5.97. The summed E-state index contributed by atoms with van der Waals surface area (Å²) in [5.41, 5.74) is 0.332. The van der Waals surface area contributed by atoms with Gasteiger partial charge in [-0.15, -0.1) is 0 Å². The third-order valence-electron chi connectivity index (χ3n) is 2.74. The molecule has 0 aliphatic carbocycles. The molecular weight excluding hydrogens is 265 g/mol. The number of likely N-dealkylation sites (N-methyl/N-ethyl adjacent to an activating group) is 1. The van der Waals surface area contributed by atoms with Crippen LogP contribution in [0.25, 0.3) is 10.2 Å². The fraction of sp³-hybridized carbons (Fsp3) is 0.385. The summed E-state index contributed by atoms with van der Waals surface area (Å²) >= 11 is 1.34. The zero-order valence-electron chi connectivity index (χ0n) is 11.2. The Morgan fingerprint density at radius 2 is 2.11 bits per heavy atom. The van der Waals surface area contributed by atoms with Gasteiger partial charge in [0.1, 0.15) is 11.3 Å². The van der Waals surface area contributed by atoms with Gasteiger partial charge in [0, 0.05) is 20.0 Å². The Labute approximate surface area is 115 Å². The van der Waals surface area contributed by atoms with E-state index in [1.54, 1.807) is 11.0 Å². The van der Waals surface area contributed by atoms with Crippen molar-refractivity contribution >= 4 is 32.6 Å². The molecule has 102 valence electrons. The van der Waals surface area contributed by atoms with Crippen molar-refractivity contribution in [3.63, 3.8) is 0 Å². The van der Waals surface area contributed by atoms with E-state index < -0.39 is 0 Å². The molecule has 0 atom stereocenters. The predicted molar refractivity (Wildman–Crippen MR) is 76.2 cm³/mol. The smallest absolute Gasteiger partial charge is 0.225 e. The molecular formula is C13H16FN3OS. The second-order valence-corrected chi connectivity index (χ2v) is 5.57. The first kappa shape index (κ1) is 13.9. The normalized spacial score (nSPS) is 11.2. The van der Waals surface area contributed by atoms with Gasteiger partial charge in [-0.2, -0.15) is 0 Å². The predicted octanol–water partition coefficient (Wildman–Crippen LogP) is 2.35. The number of halogens is 1. The van der Waals surface area contributed by atoms with Crippen LogP contribution in [0.4, 0.5) is 9.52 Å². The summed E-state index contributed by atoms with van der Waals surface area (Å²) in [6.07, 6.45) is 0. The molecule has 0 aliphatic heterocycles. The Hall–Kier alpha value is -1.53. The lowest BCUT2D eigenvalue weighted by Crippen LogP contribution is -2.35. The van der Waals surface area contributed by atoms with Gasteiger partial charge in [0.15, 0.2) is 5.13 Å². The number of amides is 1. The highest BCUT2D eigenvalue weighted by Gasteiger charge is 2.17. The van der Waals surface area contributed by atoms with E-state index in [9.17, 15) is 9.18 Å². The highest BCUT2D eigenvalue weighted by molar-refractivity contribution is 7.22. The number of hydrogen-bond donors (Lipinski definition) is 0. The first-order valence-corrected chi connectivity index (χ1v) is 6.78. The largest absolute Gasteiger partial charge is 0.308 e. The Kier molecular flexibility index (Phi) is 4.11. The number of rotatable bonds is 4. The van der Waals surface area contributed by atoms with Gasteiger partial charge in [-0.3, -0.25) is 9.69 Å². The average molecular weight is 281 g/mol. The second kappa shape index (κ2) is 5.63. The van der Waals surface area contributed by atoms with Gasteiger partial charge in [0.05, 0.1) is 4.70 Å². The molecule has 0 radical (unpaired) electrons. The van der Waals surface area contributed by atoms with Gasteiger partial charge in [0.25, 0.3) is 0 Å². The van der Waals surface area contributed by atoms with Crippen LogP contribution in [0, 0.1) is 5.82 Å². The number of fused-ring (bicyclic) bond motifs is 1. The lowest BCUT2D eigenvalue weighted by atomic mass is 10.3. The topological polar surface area (TPSA) is 36.4 Å². The van der Waals surface area contributed by atoms with Crippen molar-refractivity contribution in [2.45, 2.75) is 6.92 Å². The molecule has 0 N–H and O–H groups in total. The van der Waals surface area contributed by atoms with E-state index in [2.05, 4.69) is 4.98 Å². The molecule has 1 aromatic carbocycles. The minimum absolute atomic E-state index is 0.0821. The zero-order valence-corrected chi connectivity index (χ0v) is 12.0. The van der Waals surface area contributed by atoms with Crippen LogP contribution in [0.2, 0.25) is 0 Å². The van der Waals surface area contributed by atoms with E-state index in [-0.39, 0.29) is 11.7 Å². The van der Waals surface area contributed by atoms with Crippen molar-refractivity contribution in [1.29, 1.82) is 0 Å². The number of thiazole rings is 1. The monoisotopic (exact) mass is 281 g/mol. The van der Waals surface area contributed by atoms with Crippen LogP contribution in [0.5, 0.6) is 0 Å². The SMILES string of the molecule is CC(=O)N(CCN(C)C)c1nc2c(F)cccc2s1. The summed E-state index contributed by atoms with van der Waals surface area (Å²) in [4.78, 5) is 19.5. The molecule has 0 saturated carbocycles. The number of benzene rings is 1. The van der Waals surface area contributed by atoms with Crippen LogP contribution >= 0.6 is 11.3 Å². The fourth-order valence-corrected chi connectivity index (χ4v) is 2.76. The Morgan fingerprint density at radius 3 is 2.68 bits per heavy atom. The van der Waals surface area contributed by atoms with E-state index in [1.807, 2.05) is 25.1 Å². The average Bonchev–Trinajstić information content (AvgIpc) is 2.73. The van der Waals surface area contributed by atoms with E-state index in [4.69, 9.17) is 0 Å². The Bertz CT molecular complexity index is 597. The summed E-state index contributed by atoms with van der Waals surface area (Å²) in [7, 11) is 3.88. The van der Waals surface area contributed by atoms with Gasteiger partial charge in [0.2, 0.25) is 5.91 Å². The zero-order chi connectivity index (χ0) is 14.0. The van der Waals surface area contributed by atoms with Gasteiger partial charge in [-0.25, -0.2) is 9.37 Å². The molecule has 0 saturated heterocycles. The summed E-state index contributed by atoms with van der Waals surface area (Å²) in [6, 6.07) is 4.84. The number of aromatic nitrogens is 1. The third-order valence-corrected chi connectivity index (χ3v) is 3.78. The highest BCUT2D eigenvalue weighted by atomic mass is 32.1. The van der Waals surface area contributed by atoms with Gasteiger partial charge < -0.3 is 4.90 Å². The summed E-state index contributed by atoms with van der Waals surface area (Å²) in [6.45, 7) is 2.78. The van der Waals surface area contributed by atoms with Gasteiger partial charge in [-0.1, -0.05) is 17.4 Å². The van der Waals surface area contributed by atoms with Crippen molar-refractivity contribution in [1.82, 2.24) is 9.88 Å². The lowest BCUT2D eigenvalue weighted by Gasteiger charge is -2.20. The molecule has 2 aromatic rings. The first-order chi connectivity index (χ1) is 8.99. The van der Waals surface area contributed by atoms with Crippen molar-refractivity contribution < 1.29 is 9.18 Å². The standard InChI is InChI=1S/C13H16FN3OS/c1-9(18)17(8-7-16(2)3)13-15-12-10(14)5-4-6-11(12)19-13/h4-6H,7-8H2,1-3H3. The van der Waals surface area contributed by atoms with E-state index >= 15 is 0 Å². The Balaban J connectivity index is 2.34. The number of carbonyl (C=O) groups excluding carboxylic acids is 1. The van der Waals surface area contributed by atoms with Crippen LogP contribution in [-0.2, 0) is 4.79 Å². The van der Waals surface area contributed by atoms with Crippen molar-refractivity contribution in [3.05, 3.63) is 24.0 Å². The molecule has 1 heterocycles. The number of nitrogens with zero attached hydrogens (tertiary/aromatic N) is 3. The fourth-order valence-electron chi connectivity index (χ4n) is 1.71. The highest BCUT2D eigenvalue weighted by Crippen LogP contribution is 2.30. The summed E-state index contributed by atoms with van der Waals surface area (Å²) in [5, 5.41) is 0.550. The van der Waals surface area contributed by atoms with Crippen LogP contribution in [0.1, 0.15) is 6.92 Å². The molecule has 0 unspecified atom stereocenters. The molecule has 0 fully saturated rings. The van der Waals surface area contributed by atoms with Crippen LogP contribution in [-0.4, -0.2) is 43.0 Å². The molecule has 0 spiro atoms. The number of carbonyl (C=O) groups is 1. The maximum atomic E-state index is 13.6. The van der Waals surface area contributed by atoms with E-state index in [0.29, 0.717) is 17.2 Å². The molecule has 2 rings (SSSR count). The maximum absolute atomic E-state index is 13.6. The maximum Gasteiger partial charge on any atom is 0.225 e. The lowest BCUT2D eigenvalue weighted by molar-refractivity contribution is -0.116. The second-order valence-electron chi connectivity index (χ2n) is 4.56. The van der Waals surface area contributed by atoms with Crippen molar-refractivity contribution in [3.8, 4) is 0 Å². The molecule has 0 aliphatic rings. The molecule has 1 aromatic heterocycles. The molecule has 6 heteroatoms. The van der Waals surface area contributed by atoms with Crippen molar-refractivity contribution in [2.24, 2.45) is 0 Å². The third kappa shape index (κ3) is 3.08. The number of anilines is 1. The minimum atomic E-state index is -0.351. The summed E-state index contributed by atoms with van der Waals surface area (Å²) in [5.74, 6) is -0.433. The van der Waals surface area contributed by atoms with Crippen LogP contribution < -0.4 is 4.90 Å². The van der Waals surface area contributed by atoms with Gasteiger partial charge >= 0.3 is 0 Å².